The molecule has 0 bridgehead atoms. The number of benzene rings is 1. The number of H-pyrrole nitrogens is 2. The number of nitrogens with zero attached hydrogens (tertiary/aromatic N) is 2. The van der Waals surface area contributed by atoms with Crippen molar-refractivity contribution >= 4 is 11.0 Å². The molecule has 0 saturated carbocycles. The highest BCUT2D eigenvalue weighted by Crippen LogP contribution is 2.18. The molecule has 1 aromatic carbocycles. The molecule has 2 aromatic heterocycles. The molecular weight excluding hydrogens is 250 g/mol. The summed E-state index contributed by atoms with van der Waals surface area (Å²) in [4.78, 5) is 31.5. The normalized spacial score (nSPS) is 11.0. The maximum Gasteiger partial charge on any atom is 0.314 e. The topological polar surface area (TPSA) is 131 Å². The molecule has 0 spiro atoms. The molecule has 96 valence electrons. The van der Waals surface area contributed by atoms with E-state index < -0.39 is 11.1 Å². The third kappa shape index (κ3) is 1.93. The SMILES string of the molecule is NCc1nc(-c2ccc3[nH]c(=O)c(=O)[nH]c3c2)no1. The summed E-state index contributed by atoms with van der Waals surface area (Å²) < 4.78 is 4.91. The van der Waals surface area contributed by atoms with Crippen molar-refractivity contribution in [3.8, 4) is 11.4 Å². The van der Waals surface area contributed by atoms with Gasteiger partial charge in [0.1, 0.15) is 0 Å². The lowest BCUT2D eigenvalue weighted by Crippen LogP contribution is -2.28. The molecule has 2 heterocycles. The number of hydrogen-bond donors (Lipinski definition) is 3. The minimum atomic E-state index is -0.708. The Labute approximate surface area is 105 Å². The smallest absolute Gasteiger partial charge is 0.314 e. The molecule has 0 aliphatic rings. The van der Waals surface area contributed by atoms with Crippen LogP contribution in [0.4, 0.5) is 0 Å². The van der Waals surface area contributed by atoms with E-state index in [0.717, 1.165) is 0 Å². The summed E-state index contributed by atoms with van der Waals surface area (Å²) in [6, 6.07) is 5.01. The van der Waals surface area contributed by atoms with Gasteiger partial charge in [-0.1, -0.05) is 5.16 Å². The van der Waals surface area contributed by atoms with Crippen LogP contribution in [-0.2, 0) is 6.54 Å². The van der Waals surface area contributed by atoms with E-state index in [1.807, 2.05) is 0 Å². The summed E-state index contributed by atoms with van der Waals surface area (Å²) in [5.41, 5.74) is 5.65. The van der Waals surface area contributed by atoms with E-state index in [-0.39, 0.29) is 6.54 Å². The van der Waals surface area contributed by atoms with Crippen LogP contribution < -0.4 is 16.9 Å². The third-order valence-electron chi connectivity index (χ3n) is 2.62. The van der Waals surface area contributed by atoms with Gasteiger partial charge >= 0.3 is 11.1 Å². The second-order valence-electron chi connectivity index (χ2n) is 3.88. The number of aromatic nitrogens is 4. The van der Waals surface area contributed by atoms with Crippen LogP contribution in [0.1, 0.15) is 5.89 Å². The highest BCUT2D eigenvalue weighted by Gasteiger charge is 2.08. The predicted molar refractivity (Wildman–Crippen MR) is 66.4 cm³/mol. The Hall–Kier alpha value is -2.74. The first-order valence-corrected chi connectivity index (χ1v) is 5.47. The average Bonchev–Trinajstić information content (AvgIpc) is 2.88. The molecule has 8 heteroatoms. The Morgan fingerprint density at radius 2 is 1.89 bits per heavy atom. The van der Waals surface area contributed by atoms with E-state index in [1.165, 1.54) is 0 Å². The second-order valence-corrected chi connectivity index (χ2v) is 3.88. The lowest BCUT2D eigenvalue weighted by Gasteiger charge is -1.99. The van der Waals surface area contributed by atoms with Crippen LogP contribution in [-0.4, -0.2) is 20.1 Å². The van der Waals surface area contributed by atoms with Crippen molar-refractivity contribution in [1.29, 1.82) is 0 Å². The lowest BCUT2D eigenvalue weighted by molar-refractivity contribution is 0.380. The molecule has 4 N–H and O–H groups in total. The fourth-order valence-electron chi connectivity index (χ4n) is 1.71. The van der Waals surface area contributed by atoms with Crippen LogP contribution in [0.5, 0.6) is 0 Å². The number of aromatic amines is 2. The Bertz CT molecular complexity index is 860. The van der Waals surface area contributed by atoms with E-state index in [0.29, 0.717) is 28.3 Å². The Kier molecular flexibility index (Phi) is 2.50. The van der Waals surface area contributed by atoms with Crippen LogP contribution >= 0.6 is 0 Å². The van der Waals surface area contributed by atoms with Gasteiger partial charge in [-0.15, -0.1) is 0 Å². The summed E-state index contributed by atoms with van der Waals surface area (Å²) in [6.45, 7) is 0.157. The Morgan fingerprint density at radius 1 is 1.16 bits per heavy atom. The van der Waals surface area contributed by atoms with Crippen LogP contribution in [0.25, 0.3) is 22.4 Å². The molecule has 0 radical (unpaired) electrons. The van der Waals surface area contributed by atoms with Gasteiger partial charge < -0.3 is 20.2 Å². The van der Waals surface area contributed by atoms with Crippen molar-refractivity contribution in [2.75, 3.05) is 0 Å². The maximum atomic E-state index is 11.3. The van der Waals surface area contributed by atoms with Gasteiger partial charge in [-0.25, -0.2) is 0 Å². The highest BCUT2D eigenvalue weighted by molar-refractivity contribution is 5.79. The minimum Gasteiger partial charge on any atom is -0.338 e. The van der Waals surface area contributed by atoms with Crippen molar-refractivity contribution in [3.05, 3.63) is 44.8 Å². The van der Waals surface area contributed by atoms with Crippen molar-refractivity contribution in [2.45, 2.75) is 6.54 Å². The predicted octanol–water partition coefficient (Wildman–Crippen LogP) is -0.275. The molecule has 0 unspecified atom stereocenters. The van der Waals surface area contributed by atoms with E-state index in [9.17, 15) is 9.59 Å². The average molecular weight is 259 g/mol. The fraction of sp³-hybridized carbons (Fsp3) is 0.0909. The lowest BCUT2D eigenvalue weighted by atomic mass is 10.2. The first kappa shape index (κ1) is 11.4. The van der Waals surface area contributed by atoms with E-state index in [4.69, 9.17) is 10.3 Å². The summed E-state index contributed by atoms with van der Waals surface area (Å²) >= 11 is 0. The quantitative estimate of drug-likeness (QED) is 0.543. The zero-order valence-electron chi connectivity index (χ0n) is 9.64. The molecule has 0 aliphatic heterocycles. The highest BCUT2D eigenvalue weighted by atomic mass is 16.5. The van der Waals surface area contributed by atoms with Crippen molar-refractivity contribution in [1.82, 2.24) is 20.1 Å². The van der Waals surface area contributed by atoms with Gasteiger partial charge in [-0.2, -0.15) is 4.98 Å². The van der Waals surface area contributed by atoms with Crippen LogP contribution in [0.15, 0.2) is 32.3 Å². The van der Waals surface area contributed by atoms with Crippen molar-refractivity contribution < 1.29 is 4.52 Å². The number of nitrogens with two attached hydrogens (primary N) is 1. The number of rotatable bonds is 2. The zero-order valence-corrected chi connectivity index (χ0v) is 9.64. The van der Waals surface area contributed by atoms with Gasteiger partial charge in [0.2, 0.25) is 11.7 Å². The summed E-state index contributed by atoms with van der Waals surface area (Å²) in [5, 5.41) is 3.77. The fourth-order valence-corrected chi connectivity index (χ4v) is 1.71. The Morgan fingerprint density at radius 3 is 2.58 bits per heavy atom. The molecule has 8 nitrogen and oxygen atoms in total. The van der Waals surface area contributed by atoms with Crippen LogP contribution in [0, 0.1) is 0 Å². The molecule has 0 amide bonds. The summed E-state index contributed by atoms with van der Waals surface area (Å²) in [7, 11) is 0. The molecular formula is C11H9N5O3. The second kappa shape index (κ2) is 4.18. The monoisotopic (exact) mass is 259 g/mol. The van der Waals surface area contributed by atoms with Gasteiger partial charge in [0.15, 0.2) is 0 Å². The molecule has 0 saturated heterocycles. The first-order chi connectivity index (χ1) is 9.17. The zero-order chi connectivity index (χ0) is 13.4. The number of fused-ring (bicyclic) bond motifs is 1. The van der Waals surface area contributed by atoms with Gasteiger partial charge in [-0.05, 0) is 18.2 Å². The number of hydrogen-bond acceptors (Lipinski definition) is 6. The molecule has 0 atom stereocenters. The van der Waals surface area contributed by atoms with Gasteiger partial charge in [0, 0.05) is 5.56 Å². The third-order valence-corrected chi connectivity index (χ3v) is 2.62. The Balaban J connectivity index is 2.18. The molecule has 0 aliphatic carbocycles. The van der Waals surface area contributed by atoms with E-state index in [2.05, 4.69) is 20.1 Å². The van der Waals surface area contributed by atoms with Crippen LogP contribution in [0.3, 0.4) is 0 Å². The van der Waals surface area contributed by atoms with Crippen molar-refractivity contribution in [3.63, 3.8) is 0 Å². The number of nitrogens with one attached hydrogen (secondary N) is 2. The first-order valence-electron chi connectivity index (χ1n) is 5.47. The summed E-state index contributed by atoms with van der Waals surface area (Å²) in [5.74, 6) is 0.694. The van der Waals surface area contributed by atoms with Crippen molar-refractivity contribution in [2.24, 2.45) is 5.73 Å². The van der Waals surface area contributed by atoms with Crippen LogP contribution in [0.2, 0.25) is 0 Å². The van der Waals surface area contributed by atoms with Gasteiger partial charge in [0.25, 0.3) is 0 Å². The standard InChI is InChI=1S/C11H9N5O3/c12-4-8-15-9(16-19-8)5-1-2-6-7(3-5)14-11(18)10(17)13-6/h1-3H,4,12H2,(H,13,17)(H,14,18). The molecule has 3 rings (SSSR count). The van der Waals surface area contributed by atoms with Gasteiger partial charge in [-0.3, -0.25) is 9.59 Å². The molecule has 19 heavy (non-hydrogen) atoms. The van der Waals surface area contributed by atoms with E-state index >= 15 is 0 Å². The largest absolute Gasteiger partial charge is 0.338 e. The maximum absolute atomic E-state index is 11.3. The molecule has 0 fully saturated rings. The van der Waals surface area contributed by atoms with E-state index in [1.54, 1.807) is 18.2 Å². The summed E-state index contributed by atoms with van der Waals surface area (Å²) in [6.07, 6.45) is 0. The minimum absolute atomic E-state index is 0.157. The van der Waals surface area contributed by atoms with Gasteiger partial charge in [0.05, 0.1) is 17.6 Å². The molecule has 3 aromatic rings.